The zero-order valence-corrected chi connectivity index (χ0v) is 11.4. The van der Waals surface area contributed by atoms with Crippen molar-refractivity contribution in [3.63, 3.8) is 0 Å². The molecule has 1 aromatic heterocycles. The van der Waals surface area contributed by atoms with Crippen LogP contribution < -0.4 is 5.32 Å². The minimum atomic E-state index is 0.723. The lowest BCUT2D eigenvalue weighted by Gasteiger charge is -2.26. The van der Waals surface area contributed by atoms with Crippen molar-refractivity contribution in [1.29, 1.82) is 0 Å². The van der Waals surface area contributed by atoms with Gasteiger partial charge in [-0.2, -0.15) is 0 Å². The highest BCUT2D eigenvalue weighted by Crippen LogP contribution is 2.24. The number of thiazole rings is 1. The molecular weight excluding hydrogens is 216 g/mol. The van der Waals surface area contributed by atoms with Gasteiger partial charge in [-0.3, -0.25) is 0 Å². The van der Waals surface area contributed by atoms with Crippen LogP contribution in [0.25, 0.3) is 0 Å². The SMILES string of the molecule is Cc1nc(CNC2CCC(C)CC2)sc1C. The fraction of sp³-hybridized carbons (Fsp3) is 0.769. The predicted octanol–water partition coefficient (Wildman–Crippen LogP) is 3.43. The van der Waals surface area contributed by atoms with Crippen LogP contribution in [0.15, 0.2) is 0 Å². The Labute approximate surface area is 102 Å². The van der Waals surface area contributed by atoms with Crippen molar-refractivity contribution in [2.45, 2.75) is 59.0 Å². The molecule has 1 saturated carbocycles. The Morgan fingerprint density at radius 3 is 2.50 bits per heavy atom. The molecule has 0 unspecified atom stereocenters. The first kappa shape index (κ1) is 12.1. The van der Waals surface area contributed by atoms with Crippen LogP contribution in [0.3, 0.4) is 0 Å². The summed E-state index contributed by atoms with van der Waals surface area (Å²) < 4.78 is 0. The molecule has 1 aliphatic carbocycles. The Morgan fingerprint density at radius 1 is 1.25 bits per heavy atom. The summed E-state index contributed by atoms with van der Waals surface area (Å²) in [6, 6.07) is 0.723. The molecule has 1 aromatic rings. The van der Waals surface area contributed by atoms with E-state index in [4.69, 9.17) is 0 Å². The van der Waals surface area contributed by atoms with E-state index in [9.17, 15) is 0 Å². The number of hydrogen-bond acceptors (Lipinski definition) is 3. The molecule has 0 aliphatic heterocycles. The van der Waals surface area contributed by atoms with Crippen LogP contribution in [0.1, 0.15) is 48.2 Å². The summed E-state index contributed by atoms with van der Waals surface area (Å²) in [5.41, 5.74) is 1.19. The van der Waals surface area contributed by atoms with Gasteiger partial charge in [0.2, 0.25) is 0 Å². The van der Waals surface area contributed by atoms with Gasteiger partial charge in [-0.1, -0.05) is 6.92 Å². The molecule has 16 heavy (non-hydrogen) atoms. The Balaban J connectivity index is 1.79. The molecule has 0 bridgehead atoms. The molecular formula is C13H22N2S. The van der Waals surface area contributed by atoms with Gasteiger partial charge < -0.3 is 5.32 Å². The summed E-state index contributed by atoms with van der Waals surface area (Å²) in [5, 5.41) is 4.89. The van der Waals surface area contributed by atoms with Crippen molar-refractivity contribution >= 4 is 11.3 Å². The predicted molar refractivity (Wildman–Crippen MR) is 69.8 cm³/mol. The van der Waals surface area contributed by atoms with Crippen molar-refractivity contribution in [1.82, 2.24) is 10.3 Å². The third kappa shape index (κ3) is 3.05. The van der Waals surface area contributed by atoms with E-state index in [2.05, 4.69) is 31.1 Å². The maximum atomic E-state index is 4.57. The van der Waals surface area contributed by atoms with Gasteiger partial charge in [0.15, 0.2) is 0 Å². The van der Waals surface area contributed by atoms with Crippen molar-refractivity contribution in [3.8, 4) is 0 Å². The van der Waals surface area contributed by atoms with Crippen LogP contribution in [-0.2, 0) is 6.54 Å². The first-order valence-corrected chi connectivity index (χ1v) is 7.13. The fourth-order valence-corrected chi connectivity index (χ4v) is 3.20. The smallest absolute Gasteiger partial charge is 0.107 e. The number of nitrogens with one attached hydrogen (secondary N) is 1. The quantitative estimate of drug-likeness (QED) is 0.872. The van der Waals surface area contributed by atoms with Crippen molar-refractivity contribution in [2.24, 2.45) is 5.92 Å². The van der Waals surface area contributed by atoms with Gasteiger partial charge >= 0.3 is 0 Å². The van der Waals surface area contributed by atoms with E-state index < -0.39 is 0 Å². The van der Waals surface area contributed by atoms with E-state index in [-0.39, 0.29) is 0 Å². The number of rotatable bonds is 3. The van der Waals surface area contributed by atoms with Crippen LogP contribution in [0.5, 0.6) is 0 Å². The molecule has 0 spiro atoms. The largest absolute Gasteiger partial charge is 0.308 e. The topological polar surface area (TPSA) is 24.9 Å². The van der Waals surface area contributed by atoms with Crippen molar-refractivity contribution < 1.29 is 0 Å². The van der Waals surface area contributed by atoms with Gasteiger partial charge in [0.1, 0.15) is 5.01 Å². The van der Waals surface area contributed by atoms with Crippen LogP contribution in [0.4, 0.5) is 0 Å². The van der Waals surface area contributed by atoms with Crippen molar-refractivity contribution in [3.05, 3.63) is 15.6 Å². The Hall–Kier alpha value is -0.410. The molecule has 0 saturated heterocycles. The average molecular weight is 238 g/mol. The normalized spacial score (nSPS) is 25.9. The van der Waals surface area contributed by atoms with Gasteiger partial charge in [-0.05, 0) is 45.4 Å². The van der Waals surface area contributed by atoms with Crippen LogP contribution in [-0.4, -0.2) is 11.0 Å². The Bertz CT molecular complexity index is 318. The summed E-state index contributed by atoms with van der Waals surface area (Å²) in [4.78, 5) is 5.92. The second kappa shape index (κ2) is 5.28. The maximum absolute atomic E-state index is 4.57. The van der Waals surface area contributed by atoms with E-state index in [1.807, 2.05) is 11.3 Å². The van der Waals surface area contributed by atoms with E-state index >= 15 is 0 Å². The molecule has 1 N–H and O–H groups in total. The summed E-state index contributed by atoms with van der Waals surface area (Å²) >= 11 is 1.83. The lowest BCUT2D eigenvalue weighted by molar-refractivity contribution is 0.306. The molecule has 0 radical (unpaired) electrons. The number of hydrogen-bond donors (Lipinski definition) is 1. The molecule has 0 atom stereocenters. The Kier molecular flexibility index (Phi) is 3.98. The molecule has 90 valence electrons. The number of aryl methyl sites for hydroxylation is 2. The third-order valence-corrected chi connectivity index (χ3v) is 4.70. The molecule has 2 rings (SSSR count). The molecule has 1 heterocycles. The Morgan fingerprint density at radius 2 is 1.94 bits per heavy atom. The lowest BCUT2D eigenvalue weighted by atomic mass is 9.87. The molecule has 2 nitrogen and oxygen atoms in total. The maximum Gasteiger partial charge on any atom is 0.107 e. The highest BCUT2D eigenvalue weighted by Gasteiger charge is 2.17. The van der Waals surface area contributed by atoms with Crippen molar-refractivity contribution in [2.75, 3.05) is 0 Å². The summed E-state index contributed by atoms with van der Waals surface area (Å²) in [6.45, 7) is 7.57. The molecule has 0 aromatic carbocycles. The fourth-order valence-electron chi connectivity index (χ4n) is 2.31. The van der Waals surface area contributed by atoms with E-state index in [1.165, 1.54) is 41.3 Å². The zero-order valence-electron chi connectivity index (χ0n) is 10.5. The monoisotopic (exact) mass is 238 g/mol. The highest BCUT2D eigenvalue weighted by molar-refractivity contribution is 7.11. The molecule has 3 heteroatoms. The van der Waals surface area contributed by atoms with Gasteiger partial charge in [0.05, 0.1) is 5.69 Å². The van der Waals surface area contributed by atoms with Crippen LogP contribution in [0.2, 0.25) is 0 Å². The first-order valence-electron chi connectivity index (χ1n) is 6.31. The molecule has 1 fully saturated rings. The molecule has 1 aliphatic rings. The second-order valence-electron chi connectivity index (χ2n) is 5.09. The van der Waals surface area contributed by atoms with Gasteiger partial charge in [-0.25, -0.2) is 4.98 Å². The van der Waals surface area contributed by atoms with Gasteiger partial charge in [0, 0.05) is 17.5 Å². The number of aromatic nitrogens is 1. The highest BCUT2D eigenvalue weighted by atomic mass is 32.1. The first-order chi connectivity index (χ1) is 7.65. The average Bonchev–Trinajstić information content (AvgIpc) is 2.58. The zero-order chi connectivity index (χ0) is 11.5. The second-order valence-corrected chi connectivity index (χ2v) is 6.37. The van der Waals surface area contributed by atoms with E-state index in [0.717, 1.165) is 18.5 Å². The number of nitrogens with zero attached hydrogens (tertiary/aromatic N) is 1. The minimum absolute atomic E-state index is 0.723. The molecule has 0 amide bonds. The third-order valence-electron chi connectivity index (χ3n) is 3.63. The van der Waals surface area contributed by atoms with E-state index in [0.29, 0.717) is 0 Å². The van der Waals surface area contributed by atoms with Crippen LogP contribution >= 0.6 is 11.3 Å². The van der Waals surface area contributed by atoms with Gasteiger partial charge in [0.25, 0.3) is 0 Å². The standard InChI is InChI=1S/C13H22N2S/c1-9-4-6-12(7-5-9)14-8-13-15-10(2)11(3)16-13/h9,12,14H,4-8H2,1-3H3. The minimum Gasteiger partial charge on any atom is -0.308 e. The van der Waals surface area contributed by atoms with Gasteiger partial charge in [-0.15, -0.1) is 11.3 Å². The summed E-state index contributed by atoms with van der Waals surface area (Å²) in [5.74, 6) is 0.933. The summed E-state index contributed by atoms with van der Waals surface area (Å²) in [7, 11) is 0. The van der Waals surface area contributed by atoms with Crippen LogP contribution in [0, 0.1) is 19.8 Å². The van der Waals surface area contributed by atoms with E-state index in [1.54, 1.807) is 0 Å². The lowest BCUT2D eigenvalue weighted by Crippen LogP contribution is -2.32. The summed E-state index contributed by atoms with van der Waals surface area (Å²) in [6.07, 6.45) is 5.44.